The zero-order chi connectivity index (χ0) is 28.7. The van der Waals surface area contributed by atoms with E-state index in [1.165, 1.54) is 15.5 Å². The van der Waals surface area contributed by atoms with Gasteiger partial charge in [0.2, 0.25) is 9.84 Å². The minimum Gasteiger partial charge on any atom is -0.366 e. The maximum Gasteiger partial charge on any atom is 0.207 e. The van der Waals surface area contributed by atoms with Gasteiger partial charge in [0.25, 0.3) is 0 Å². The highest BCUT2D eigenvalue weighted by atomic mass is 32.2. The minimum atomic E-state index is -3.70. The van der Waals surface area contributed by atoms with E-state index in [9.17, 15) is 8.42 Å². The Hall–Kier alpha value is -3.26. The van der Waals surface area contributed by atoms with Gasteiger partial charge in [-0.1, -0.05) is 97.2 Å². The van der Waals surface area contributed by atoms with E-state index < -0.39 is 9.84 Å². The van der Waals surface area contributed by atoms with Crippen molar-refractivity contribution in [3.63, 3.8) is 0 Å². The molecule has 1 aliphatic carbocycles. The number of nitrogens with zero attached hydrogens (tertiary/aromatic N) is 2. The van der Waals surface area contributed by atoms with E-state index in [0.29, 0.717) is 22.6 Å². The summed E-state index contributed by atoms with van der Waals surface area (Å²) in [6, 6.07) is 27.3. The lowest BCUT2D eigenvalue weighted by molar-refractivity contribution is 0.602. The van der Waals surface area contributed by atoms with Crippen LogP contribution in [0.3, 0.4) is 0 Å². The van der Waals surface area contributed by atoms with Crippen LogP contribution in [0.5, 0.6) is 0 Å². The number of benzene rings is 3. The van der Waals surface area contributed by atoms with Gasteiger partial charge in [-0.2, -0.15) is 0 Å². The molecule has 0 aromatic heterocycles. The normalized spacial score (nSPS) is 18.1. The summed E-state index contributed by atoms with van der Waals surface area (Å²) in [6.07, 6.45) is 10.4. The summed E-state index contributed by atoms with van der Waals surface area (Å²) < 4.78 is 28.0. The molecule has 210 valence electrons. The Morgan fingerprint density at radius 2 is 1.66 bits per heavy atom. The first-order chi connectivity index (χ1) is 20.0. The number of aliphatic imine (C=N–C) groups is 1. The summed E-state index contributed by atoms with van der Waals surface area (Å²) in [7, 11) is -1.94. The number of fused-ring (bicyclic) bond motifs is 1. The van der Waals surface area contributed by atoms with Gasteiger partial charge >= 0.3 is 0 Å². The van der Waals surface area contributed by atoms with E-state index in [-0.39, 0.29) is 0 Å². The fourth-order valence-corrected chi connectivity index (χ4v) is 8.65. The van der Waals surface area contributed by atoms with E-state index in [2.05, 4.69) is 47.2 Å². The van der Waals surface area contributed by atoms with Gasteiger partial charge in [-0.05, 0) is 72.9 Å². The van der Waals surface area contributed by atoms with E-state index in [1.54, 1.807) is 54.8 Å². The molecular formula is C34H34N2O2S3. The number of para-hydroxylation sites is 1. The van der Waals surface area contributed by atoms with Crippen LogP contribution in [0.4, 0.5) is 5.69 Å². The van der Waals surface area contributed by atoms with Crippen LogP contribution in [-0.4, -0.2) is 33.6 Å². The van der Waals surface area contributed by atoms with E-state index in [4.69, 9.17) is 0 Å². The number of hydrogen-bond acceptors (Lipinski definition) is 6. The van der Waals surface area contributed by atoms with Crippen LogP contribution in [0, 0.1) is 0 Å². The molecule has 1 aliphatic heterocycles. The Labute approximate surface area is 252 Å². The lowest BCUT2D eigenvalue weighted by Gasteiger charge is -2.32. The van der Waals surface area contributed by atoms with Crippen LogP contribution in [-0.2, 0) is 9.84 Å². The second kappa shape index (κ2) is 13.6. The van der Waals surface area contributed by atoms with Crippen molar-refractivity contribution in [2.45, 2.75) is 40.9 Å². The number of sulfone groups is 1. The Balaban J connectivity index is 1.50. The van der Waals surface area contributed by atoms with Crippen LogP contribution in [0.1, 0.15) is 26.2 Å². The smallest absolute Gasteiger partial charge is 0.207 e. The summed E-state index contributed by atoms with van der Waals surface area (Å²) in [5.41, 5.74) is 2.95. The molecule has 0 saturated heterocycles. The molecule has 7 heteroatoms. The Morgan fingerprint density at radius 1 is 0.951 bits per heavy atom. The van der Waals surface area contributed by atoms with Crippen LogP contribution >= 0.6 is 23.5 Å². The van der Waals surface area contributed by atoms with Crippen LogP contribution in [0.25, 0.3) is 0 Å². The molecule has 0 N–H and O–H groups in total. The second-order valence-electron chi connectivity index (χ2n) is 9.80. The number of rotatable bonds is 8. The lowest BCUT2D eigenvalue weighted by Crippen LogP contribution is -2.28. The third-order valence-corrected chi connectivity index (χ3v) is 11.0. The van der Waals surface area contributed by atoms with E-state index in [1.807, 2.05) is 54.6 Å². The van der Waals surface area contributed by atoms with Gasteiger partial charge in [0, 0.05) is 34.8 Å². The average Bonchev–Trinajstić information content (AvgIpc) is 3.43. The predicted molar refractivity (Wildman–Crippen MR) is 176 cm³/mol. The third-order valence-electron chi connectivity index (χ3n) is 6.94. The molecule has 0 unspecified atom stereocenters. The summed E-state index contributed by atoms with van der Waals surface area (Å²) in [5, 5.41) is 0.827. The van der Waals surface area contributed by atoms with E-state index >= 15 is 0 Å². The van der Waals surface area contributed by atoms with Crippen molar-refractivity contribution < 1.29 is 8.42 Å². The second-order valence-corrected chi connectivity index (χ2v) is 13.9. The van der Waals surface area contributed by atoms with Crippen molar-refractivity contribution in [2.24, 2.45) is 4.99 Å². The molecule has 1 heterocycles. The van der Waals surface area contributed by atoms with Gasteiger partial charge in [0.15, 0.2) is 0 Å². The molecule has 0 atom stereocenters. The van der Waals surface area contributed by atoms with Gasteiger partial charge in [-0.15, -0.1) is 0 Å². The molecular weight excluding hydrogens is 565 g/mol. The summed E-state index contributed by atoms with van der Waals surface area (Å²) in [6.45, 7) is 4.00. The molecule has 41 heavy (non-hydrogen) atoms. The summed E-state index contributed by atoms with van der Waals surface area (Å²) in [4.78, 5) is 11.1. The van der Waals surface area contributed by atoms with Gasteiger partial charge < -0.3 is 4.90 Å². The van der Waals surface area contributed by atoms with Crippen LogP contribution < -0.4 is 4.90 Å². The van der Waals surface area contributed by atoms with Gasteiger partial charge in [-0.3, -0.25) is 4.99 Å². The topological polar surface area (TPSA) is 49.7 Å². The van der Waals surface area contributed by atoms with Crippen molar-refractivity contribution in [2.75, 3.05) is 25.0 Å². The number of hydrogen-bond donors (Lipinski definition) is 0. The SMILES string of the molecule is CCCN1C/C(=C/C=C2\CCC(/C=C/C(=N\C)Sc3ccccc3)=C2S(=O)(=O)c2ccccc2)Sc2ccccc21. The Kier molecular flexibility index (Phi) is 9.70. The van der Waals surface area contributed by atoms with Gasteiger partial charge in [-0.25, -0.2) is 8.42 Å². The largest absolute Gasteiger partial charge is 0.366 e. The molecule has 2 aliphatic rings. The summed E-state index contributed by atoms with van der Waals surface area (Å²) >= 11 is 3.34. The molecule has 0 spiro atoms. The lowest BCUT2D eigenvalue weighted by atomic mass is 10.2. The predicted octanol–water partition coefficient (Wildman–Crippen LogP) is 8.72. The maximum absolute atomic E-state index is 14.0. The quantitative estimate of drug-likeness (QED) is 0.147. The molecule has 0 radical (unpaired) electrons. The van der Waals surface area contributed by atoms with Crippen molar-refractivity contribution >= 4 is 44.1 Å². The van der Waals surface area contributed by atoms with E-state index in [0.717, 1.165) is 40.6 Å². The maximum atomic E-state index is 14.0. The molecule has 0 fully saturated rings. The summed E-state index contributed by atoms with van der Waals surface area (Å²) in [5.74, 6) is 0. The standard InChI is InChI=1S/C34H34N2O2S3/c1-3-24-36-25-29(39-32-17-11-10-16-31(32)36)22-20-26-18-19-27(34(26)41(37,38)30-14-8-5-9-15-30)21-23-33(35-2)40-28-12-6-4-7-13-28/h4-17,20-23H,3,18-19,24-25H2,1-2H3/b23-21+,26-20+,29-22-,35-33+. The zero-order valence-corrected chi connectivity index (χ0v) is 25.8. The van der Waals surface area contributed by atoms with Crippen molar-refractivity contribution in [1.29, 1.82) is 0 Å². The molecule has 0 amide bonds. The fraction of sp³-hybridized carbons (Fsp3) is 0.206. The minimum absolute atomic E-state index is 0.319. The molecule has 0 bridgehead atoms. The van der Waals surface area contributed by atoms with Crippen LogP contribution in [0.2, 0.25) is 0 Å². The molecule has 3 aromatic rings. The third kappa shape index (κ3) is 6.97. The first-order valence-corrected chi connectivity index (χ1v) is 16.9. The van der Waals surface area contributed by atoms with Gasteiger partial charge in [0.1, 0.15) is 0 Å². The Morgan fingerprint density at radius 3 is 2.39 bits per heavy atom. The molecule has 3 aromatic carbocycles. The number of allylic oxidation sites excluding steroid dienone is 5. The molecule has 0 saturated carbocycles. The van der Waals surface area contributed by atoms with Crippen molar-refractivity contribution in [3.05, 3.63) is 130 Å². The number of anilines is 1. The molecule has 4 nitrogen and oxygen atoms in total. The fourth-order valence-electron chi connectivity index (χ4n) is 5.02. The van der Waals surface area contributed by atoms with Crippen molar-refractivity contribution in [1.82, 2.24) is 0 Å². The number of thioether (sulfide) groups is 2. The first kappa shape index (κ1) is 29.2. The van der Waals surface area contributed by atoms with Gasteiger partial charge in [0.05, 0.1) is 20.5 Å². The average molecular weight is 599 g/mol. The van der Waals surface area contributed by atoms with Crippen molar-refractivity contribution in [3.8, 4) is 0 Å². The molecule has 5 rings (SSSR count). The highest BCUT2D eigenvalue weighted by molar-refractivity contribution is 8.14. The highest BCUT2D eigenvalue weighted by Crippen LogP contribution is 2.42. The van der Waals surface area contributed by atoms with Crippen LogP contribution in [0.15, 0.2) is 150 Å². The monoisotopic (exact) mass is 598 g/mol. The highest BCUT2D eigenvalue weighted by Gasteiger charge is 2.31. The first-order valence-electron chi connectivity index (χ1n) is 13.8. The Bertz CT molecular complexity index is 1640. The zero-order valence-electron chi connectivity index (χ0n) is 23.4.